The van der Waals surface area contributed by atoms with Crippen LogP contribution in [0.1, 0.15) is 42.5 Å². The second-order valence-corrected chi connectivity index (χ2v) is 5.53. The maximum atomic E-state index is 12.7. The molecule has 0 aliphatic carbocycles. The Kier molecular flexibility index (Phi) is 3.72. The lowest BCUT2D eigenvalue weighted by atomic mass is 10.1. The maximum Gasteiger partial charge on any atom is 0.324 e. The molecular formula is C16H20N2O2. The molecule has 4 heteroatoms. The van der Waals surface area contributed by atoms with E-state index in [1.165, 1.54) is 6.42 Å². The molecule has 2 amide bonds. The molecule has 106 valence electrons. The first-order valence-corrected chi connectivity index (χ1v) is 7.46. The summed E-state index contributed by atoms with van der Waals surface area (Å²) in [7, 11) is 0. The zero-order chi connectivity index (χ0) is 13.9. The Morgan fingerprint density at radius 3 is 2.50 bits per heavy atom. The van der Waals surface area contributed by atoms with Gasteiger partial charge in [-0.2, -0.15) is 0 Å². The summed E-state index contributed by atoms with van der Waals surface area (Å²) in [5.41, 5.74) is 1.47. The van der Waals surface area contributed by atoms with Crippen molar-refractivity contribution in [2.45, 2.75) is 32.1 Å². The van der Waals surface area contributed by atoms with Gasteiger partial charge in [0.05, 0.1) is 5.69 Å². The molecule has 4 nitrogen and oxygen atoms in total. The van der Waals surface area contributed by atoms with E-state index in [1.54, 1.807) is 4.90 Å². The van der Waals surface area contributed by atoms with E-state index < -0.39 is 0 Å². The van der Waals surface area contributed by atoms with Gasteiger partial charge in [0.2, 0.25) is 0 Å². The maximum absolute atomic E-state index is 12.7. The van der Waals surface area contributed by atoms with Crippen molar-refractivity contribution in [1.29, 1.82) is 0 Å². The van der Waals surface area contributed by atoms with Crippen molar-refractivity contribution < 1.29 is 9.59 Å². The average molecular weight is 272 g/mol. The van der Waals surface area contributed by atoms with E-state index in [2.05, 4.69) is 0 Å². The fraction of sp³-hybridized carbons (Fsp3) is 0.500. The molecule has 0 saturated carbocycles. The molecular weight excluding hydrogens is 252 g/mol. The Morgan fingerprint density at radius 1 is 0.950 bits per heavy atom. The molecule has 0 unspecified atom stereocenters. The monoisotopic (exact) mass is 272 g/mol. The van der Waals surface area contributed by atoms with Gasteiger partial charge in [-0.15, -0.1) is 0 Å². The number of amides is 2. The van der Waals surface area contributed by atoms with Crippen molar-refractivity contribution in [1.82, 2.24) is 4.90 Å². The highest BCUT2D eigenvalue weighted by molar-refractivity contribution is 6.06. The number of hydrogen-bond acceptors (Lipinski definition) is 2. The van der Waals surface area contributed by atoms with Gasteiger partial charge in [-0.3, -0.25) is 9.69 Å². The van der Waals surface area contributed by atoms with E-state index in [0.717, 1.165) is 38.0 Å². The number of urea groups is 1. The van der Waals surface area contributed by atoms with Crippen molar-refractivity contribution in [3.8, 4) is 0 Å². The number of Topliss-reactive ketones (excluding diaryl/α,β-unsaturated/α-hetero) is 1. The van der Waals surface area contributed by atoms with Crippen molar-refractivity contribution in [2.75, 3.05) is 24.5 Å². The highest BCUT2D eigenvalue weighted by Crippen LogP contribution is 2.27. The smallest absolute Gasteiger partial charge is 0.324 e. The van der Waals surface area contributed by atoms with Crippen molar-refractivity contribution in [3.63, 3.8) is 0 Å². The van der Waals surface area contributed by atoms with Crippen LogP contribution >= 0.6 is 0 Å². The Labute approximate surface area is 119 Å². The highest BCUT2D eigenvalue weighted by Gasteiger charge is 2.28. The number of carbonyl (C=O) groups is 2. The molecule has 3 rings (SSSR count). The third-order valence-electron chi connectivity index (χ3n) is 4.14. The summed E-state index contributed by atoms with van der Waals surface area (Å²) in [6.45, 7) is 2.31. The number of anilines is 1. The van der Waals surface area contributed by atoms with E-state index in [4.69, 9.17) is 0 Å². The molecule has 1 aromatic carbocycles. The van der Waals surface area contributed by atoms with Crippen LogP contribution < -0.4 is 4.90 Å². The normalized spacial score (nSPS) is 19.5. The number of likely N-dealkylation sites (tertiary alicyclic amines) is 1. The number of rotatable bonds is 0. The van der Waals surface area contributed by atoms with E-state index >= 15 is 0 Å². The molecule has 0 spiro atoms. The van der Waals surface area contributed by atoms with E-state index in [0.29, 0.717) is 18.5 Å². The van der Waals surface area contributed by atoms with Gasteiger partial charge in [0.25, 0.3) is 0 Å². The van der Waals surface area contributed by atoms with E-state index in [1.807, 2.05) is 29.2 Å². The van der Waals surface area contributed by atoms with Crippen molar-refractivity contribution >= 4 is 17.5 Å². The fourth-order valence-electron chi connectivity index (χ4n) is 3.05. The van der Waals surface area contributed by atoms with Gasteiger partial charge in [0, 0.05) is 31.6 Å². The summed E-state index contributed by atoms with van der Waals surface area (Å²) in [5.74, 6) is 0.148. The molecule has 1 fully saturated rings. The number of benzene rings is 1. The van der Waals surface area contributed by atoms with Gasteiger partial charge in [0.15, 0.2) is 5.78 Å². The Morgan fingerprint density at radius 2 is 1.70 bits per heavy atom. The summed E-state index contributed by atoms with van der Waals surface area (Å²) >= 11 is 0. The lowest BCUT2D eigenvalue weighted by Gasteiger charge is -2.33. The van der Waals surface area contributed by atoms with Crippen LogP contribution in [0.4, 0.5) is 10.5 Å². The van der Waals surface area contributed by atoms with E-state index in [-0.39, 0.29) is 11.8 Å². The predicted octanol–water partition coefficient (Wildman–Crippen LogP) is 3.08. The first kappa shape index (κ1) is 13.2. The lowest BCUT2D eigenvalue weighted by molar-refractivity contribution is 0.0983. The minimum atomic E-state index is 0.0619. The standard InChI is InChI=1S/C16H20N2O2/c19-15-9-6-12-18(14-8-3-2-7-13(14)15)16(20)17-10-4-1-5-11-17/h2-3,7-8H,1,4-6,9-12H2. The second-order valence-electron chi connectivity index (χ2n) is 5.53. The number of nitrogens with zero attached hydrogens (tertiary/aromatic N) is 2. The summed E-state index contributed by atoms with van der Waals surface area (Å²) in [6, 6.07) is 7.55. The minimum absolute atomic E-state index is 0.0619. The number of fused-ring (bicyclic) bond motifs is 1. The predicted molar refractivity (Wildman–Crippen MR) is 78.2 cm³/mol. The zero-order valence-corrected chi connectivity index (χ0v) is 11.7. The van der Waals surface area contributed by atoms with Crippen LogP contribution in [0.15, 0.2) is 24.3 Å². The molecule has 0 N–H and O–H groups in total. The van der Waals surface area contributed by atoms with Crippen LogP contribution in [0, 0.1) is 0 Å². The Bertz CT molecular complexity index is 521. The largest absolute Gasteiger partial charge is 0.324 e. The summed E-state index contributed by atoms with van der Waals surface area (Å²) in [4.78, 5) is 28.5. The molecule has 1 saturated heterocycles. The zero-order valence-electron chi connectivity index (χ0n) is 11.7. The number of carbonyl (C=O) groups excluding carboxylic acids is 2. The summed E-state index contributed by atoms with van der Waals surface area (Å²) in [6.07, 6.45) is 4.65. The molecule has 2 aliphatic rings. The molecule has 0 bridgehead atoms. The molecule has 1 aromatic rings. The van der Waals surface area contributed by atoms with E-state index in [9.17, 15) is 9.59 Å². The van der Waals surface area contributed by atoms with Gasteiger partial charge in [-0.25, -0.2) is 4.79 Å². The van der Waals surface area contributed by atoms with Gasteiger partial charge in [0.1, 0.15) is 0 Å². The van der Waals surface area contributed by atoms with Gasteiger partial charge >= 0.3 is 6.03 Å². The first-order chi connectivity index (χ1) is 9.77. The van der Waals surface area contributed by atoms with Gasteiger partial charge < -0.3 is 4.90 Å². The topological polar surface area (TPSA) is 40.6 Å². The number of hydrogen-bond donors (Lipinski definition) is 0. The average Bonchev–Trinajstić information content (AvgIpc) is 2.67. The van der Waals surface area contributed by atoms with Crippen LogP contribution in [-0.2, 0) is 0 Å². The quantitative estimate of drug-likeness (QED) is 0.728. The van der Waals surface area contributed by atoms with Gasteiger partial charge in [-0.05, 0) is 37.8 Å². The second kappa shape index (κ2) is 5.65. The molecule has 2 aliphatic heterocycles. The fourth-order valence-corrected chi connectivity index (χ4v) is 3.05. The number of piperidine rings is 1. The van der Waals surface area contributed by atoms with Crippen LogP contribution in [0.3, 0.4) is 0 Å². The number of ketones is 1. The first-order valence-electron chi connectivity index (χ1n) is 7.46. The van der Waals surface area contributed by atoms with Crippen LogP contribution in [-0.4, -0.2) is 36.3 Å². The van der Waals surface area contributed by atoms with Crippen LogP contribution in [0.25, 0.3) is 0 Å². The van der Waals surface area contributed by atoms with Gasteiger partial charge in [-0.1, -0.05) is 12.1 Å². The summed E-state index contributed by atoms with van der Waals surface area (Å²) < 4.78 is 0. The SMILES string of the molecule is O=C1CCCN(C(=O)N2CCCCC2)c2ccccc21. The molecule has 0 radical (unpaired) electrons. The third-order valence-corrected chi connectivity index (χ3v) is 4.14. The minimum Gasteiger partial charge on any atom is -0.324 e. The molecule has 20 heavy (non-hydrogen) atoms. The van der Waals surface area contributed by atoms with Crippen LogP contribution in [0.5, 0.6) is 0 Å². The Hall–Kier alpha value is -1.84. The molecule has 2 heterocycles. The van der Waals surface area contributed by atoms with Crippen LogP contribution in [0.2, 0.25) is 0 Å². The lowest BCUT2D eigenvalue weighted by Crippen LogP contribution is -2.46. The number of para-hydroxylation sites is 1. The third kappa shape index (κ3) is 2.42. The Balaban J connectivity index is 1.90. The molecule has 0 aromatic heterocycles. The van der Waals surface area contributed by atoms with Crippen molar-refractivity contribution in [3.05, 3.63) is 29.8 Å². The highest BCUT2D eigenvalue weighted by atomic mass is 16.2. The molecule has 0 atom stereocenters. The summed E-state index contributed by atoms with van der Waals surface area (Å²) in [5, 5.41) is 0. The van der Waals surface area contributed by atoms with Crippen molar-refractivity contribution in [2.24, 2.45) is 0 Å².